The molecule has 1 aliphatic rings. The molecule has 0 aromatic carbocycles. The van der Waals surface area contributed by atoms with Crippen molar-refractivity contribution in [2.24, 2.45) is 16.1 Å². The molecule has 0 aliphatic carbocycles. The molecule has 1 aliphatic heterocycles. The van der Waals surface area contributed by atoms with Gasteiger partial charge in [0.15, 0.2) is 0 Å². The number of pyridine rings is 1. The average molecular weight is 187 g/mol. The molecular formula is C11H13N3. The summed E-state index contributed by atoms with van der Waals surface area (Å²) in [7, 11) is 0. The van der Waals surface area contributed by atoms with Crippen molar-refractivity contribution in [1.29, 1.82) is 0 Å². The van der Waals surface area contributed by atoms with E-state index in [1.54, 1.807) is 6.20 Å². The Morgan fingerprint density at radius 2 is 2.14 bits per heavy atom. The van der Waals surface area contributed by atoms with E-state index in [1.807, 2.05) is 18.3 Å². The summed E-state index contributed by atoms with van der Waals surface area (Å²) in [5.41, 5.74) is 3.26. The Labute approximate surface area is 83.6 Å². The number of rotatable bonds is 2. The summed E-state index contributed by atoms with van der Waals surface area (Å²) in [5, 5.41) is 8.34. The first kappa shape index (κ1) is 9.06. The molecule has 0 bridgehead atoms. The molecule has 2 rings (SSSR count). The average Bonchev–Trinajstić information content (AvgIpc) is 2.68. The van der Waals surface area contributed by atoms with E-state index in [-0.39, 0.29) is 0 Å². The zero-order valence-electron chi connectivity index (χ0n) is 8.44. The molecule has 2 heterocycles. The van der Waals surface area contributed by atoms with Gasteiger partial charge in [-0.3, -0.25) is 4.98 Å². The lowest BCUT2D eigenvalue weighted by atomic mass is 10.0. The minimum Gasteiger partial charge on any atom is -0.264 e. The lowest BCUT2D eigenvalue weighted by molar-refractivity contribution is 0.870. The number of hydrogen-bond donors (Lipinski definition) is 0. The van der Waals surface area contributed by atoms with Crippen LogP contribution in [0.5, 0.6) is 0 Å². The van der Waals surface area contributed by atoms with Crippen LogP contribution in [0, 0.1) is 5.92 Å². The first-order valence-corrected chi connectivity index (χ1v) is 4.81. The van der Waals surface area contributed by atoms with Crippen LogP contribution in [0.4, 0.5) is 0 Å². The minimum absolute atomic E-state index is 0.480. The molecule has 0 atom stereocenters. The molecule has 14 heavy (non-hydrogen) atoms. The van der Waals surface area contributed by atoms with Crippen LogP contribution in [0.2, 0.25) is 0 Å². The fraction of sp³-hybridized carbons (Fsp3) is 0.364. The summed E-state index contributed by atoms with van der Waals surface area (Å²) in [6, 6.07) is 3.94. The van der Waals surface area contributed by atoms with Crippen LogP contribution in [0.25, 0.3) is 0 Å². The highest BCUT2D eigenvalue weighted by molar-refractivity contribution is 6.15. The molecule has 0 saturated heterocycles. The molecule has 0 saturated carbocycles. The van der Waals surface area contributed by atoms with Crippen LogP contribution in [0.15, 0.2) is 34.7 Å². The summed E-state index contributed by atoms with van der Waals surface area (Å²) >= 11 is 0. The summed E-state index contributed by atoms with van der Waals surface area (Å²) < 4.78 is 0. The van der Waals surface area contributed by atoms with Crippen molar-refractivity contribution in [1.82, 2.24) is 4.98 Å². The van der Waals surface area contributed by atoms with E-state index in [2.05, 4.69) is 29.0 Å². The third-order valence-corrected chi connectivity index (χ3v) is 2.31. The fourth-order valence-corrected chi connectivity index (χ4v) is 1.38. The second-order valence-electron chi connectivity index (χ2n) is 3.71. The topological polar surface area (TPSA) is 37.6 Å². The maximum absolute atomic E-state index is 4.17. The van der Waals surface area contributed by atoms with E-state index < -0.39 is 0 Å². The molecular weight excluding hydrogens is 174 g/mol. The molecule has 1 aromatic rings. The maximum Gasteiger partial charge on any atom is 0.0775 e. The van der Waals surface area contributed by atoms with Crippen LogP contribution in [0.3, 0.4) is 0 Å². The highest BCUT2D eigenvalue weighted by Crippen LogP contribution is 2.14. The third kappa shape index (κ3) is 1.71. The maximum atomic E-state index is 4.17. The van der Waals surface area contributed by atoms with E-state index in [0.29, 0.717) is 5.92 Å². The smallest absolute Gasteiger partial charge is 0.0775 e. The van der Waals surface area contributed by atoms with Gasteiger partial charge < -0.3 is 0 Å². The zero-order chi connectivity index (χ0) is 9.97. The van der Waals surface area contributed by atoms with Crippen LogP contribution in [-0.2, 0) is 0 Å². The standard InChI is InChI=1S/C11H13N3/c1-8(2)10-6-11(14-13-10)9-4-3-5-12-7-9/h3-5,7-8H,6H2,1-2H3. The summed E-state index contributed by atoms with van der Waals surface area (Å²) in [5.74, 6) is 0.480. The summed E-state index contributed by atoms with van der Waals surface area (Å²) in [6.45, 7) is 4.28. The molecule has 1 aromatic heterocycles. The normalized spacial score (nSPS) is 15.6. The lowest BCUT2D eigenvalue weighted by Crippen LogP contribution is -2.09. The zero-order valence-corrected chi connectivity index (χ0v) is 8.44. The van der Waals surface area contributed by atoms with Gasteiger partial charge in [0.2, 0.25) is 0 Å². The second-order valence-corrected chi connectivity index (χ2v) is 3.71. The monoisotopic (exact) mass is 187 g/mol. The van der Waals surface area contributed by atoms with E-state index in [1.165, 1.54) is 0 Å². The van der Waals surface area contributed by atoms with Crippen molar-refractivity contribution >= 4 is 11.4 Å². The van der Waals surface area contributed by atoms with E-state index in [4.69, 9.17) is 0 Å². The van der Waals surface area contributed by atoms with Crippen molar-refractivity contribution in [2.75, 3.05) is 0 Å². The van der Waals surface area contributed by atoms with Gasteiger partial charge >= 0.3 is 0 Å². The minimum atomic E-state index is 0.480. The SMILES string of the molecule is CC(C)C1=NN=C(c2cccnc2)C1. The van der Waals surface area contributed by atoms with Crippen molar-refractivity contribution in [3.63, 3.8) is 0 Å². The van der Waals surface area contributed by atoms with E-state index in [0.717, 1.165) is 23.4 Å². The van der Waals surface area contributed by atoms with Crippen LogP contribution >= 0.6 is 0 Å². The van der Waals surface area contributed by atoms with Crippen molar-refractivity contribution in [2.45, 2.75) is 20.3 Å². The highest BCUT2D eigenvalue weighted by atomic mass is 15.2. The molecule has 0 fully saturated rings. The fourth-order valence-electron chi connectivity index (χ4n) is 1.38. The largest absolute Gasteiger partial charge is 0.264 e. The Kier molecular flexibility index (Phi) is 2.39. The number of nitrogens with zero attached hydrogens (tertiary/aromatic N) is 3. The highest BCUT2D eigenvalue weighted by Gasteiger charge is 2.16. The predicted molar refractivity (Wildman–Crippen MR) is 57.7 cm³/mol. The van der Waals surface area contributed by atoms with Crippen LogP contribution in [-0.4, -0.2) is 16.4 Å². The van der Waals surface area contributed by atoms with Gasteiger partial charge in [0.25, 0.3) is 0 Å². The van der Waals surface area contributed by atoms with Gasteiger partial charge in [-0.1, -0.05) is 13.8 Å². The predicted octanol–water partition coefficient (Wildman–Crippen LogP) is 2.29. The van der Waals surface area contributed by atoms with Crippen LogP contribution in [0.1, 0.15) is 25.8 Å². The van der Waals surface area contributed by atoms with Crippen molar-refractivity contribution < 1.29 is 0 Å². The quantitative estimate of drug-likeness (QED) is 0.700. The molecule has 72 valence electrons. The molecule has 0 N–H and O–H groups in total. The number of aromatic nitrogens is 1. The Bertz CT molecular complexity index is 377. The van der Waals surface area contributed by atoms with Gasteiger partial charge in [0.05, 0.1) is 5.71 Å². The molecule has 0 radical (unpaired) electrons. The Morgan fingerprint density at radius 3 is 2.71 bits per heavy atom. The van der Waals surface area contributed by atoms with Gasteiger partial charge in [-0.25, -0.2) is 0 Å². The van der Waals surface area contributed by atoms with Gasteiger partial charge in [0.1, 0.15) is 0 Å². The Balaban J connectivity index is 2.13. The second kappa shape index (κ2) is 3.70. The van der Waals surface area contributed by atoms with Gasteiger partial charge in [-0.15, -0.1) is 0 Å². The van der Waals surface area contributed by atoms with Gasteiger partial charge in [-0.05, 0) is 18.1 Å². The number of hydrogen-bond acceptors (Lipinski definition) is 3. The lowest BCUT2D eigenvalue weighted by Gasteiger charge is -2.03. The Hall–Kier alpha value is -1.51. The molecule has 0 spiro atoms. The molecule has 3 nitrogen and oxygen atoms in total. The molecule has 0 amide bonds. The Morgan fingerprint density at radius 1 is 1.29 bits per heavy atom. The molecule has 3 heteroatoms. The third-order valence-electron chi connectivity index (χ3n) is 2.31. The van der Waals surface area contributed by atoms with Crippen molar-refractivity contribution in [3.05, 3.63) is 30.1 Å². The van der Waals surface area contributed by atoms with Gasteiger partial charge in [0, 0.05) is 30.1 Å². The van der Waals surface area contributed by atoms with E-state index in [9.17, 15) is 0 Å². The van der Waals surface area contributed by atoms with Crippen molar-refractivity contribution in [3.8, 4) is 0 Å². The summed E-state index contributed by atoms with van der Waals surface area (Å²) in [4.78, 5) is 4.07. The summed E-state index contributed by atoms with van der Waals surface area (Å²) in [6.07, 6.45) is 4.46. The molecule has 0 unspecified atom stereocenters. The van der Waals surface area contributed by atoms with Crippen LogP contribution < -0.4 is 0 Å². The van der Waals surface area contributed by atoms with E-state index >= 15 is 0 Å². The first-order chi connectivity index (χ1) is 6.77. The van der Waals surface area contributed by atoms with Gasteiger partial charge in [-0.2, -0.15) is 10.2 Å². The first-order valence-electron chi connectivity index (χ1n) is 4.81.